The van der Waals surface area contributed by atoms with Gasteiger partial charge < -0.3 is 9.84 Å². The minimum Gasteiger partial charge on any atom is -0.349 e. The molecule has 140 valence electrons. The smallest absolute Gasteiger partial charge is 0.251 e. The van der Waals surface area contributed by atoms with Crippen molar-refractivity contribution in [2.45, 2.75) is 56.5 Å². The van der Waals surface area contributed by atoms with Crippen LogP contribution in [0.25, 0.3) is 0 Å². The van der Waals surface area contributed by atoms with Crippen LogP contribution in [-0.4, -0.2) is 30.5 Å². The standard InChI is InChI=1S/C17H22N4O4S/c1-12-19-16(21-25-12)11-18-26(23,24)15-9-5-6-13(10-15)17(22)20-14-7-3-2-4-8-14/h5-6,9-10,14,18H,2-4,7-8,11H2,1H3,(H,20,22). The fraction of sp³-hybridized carbons (Fsp3) is 0.471. The molecule has 0 atom stereocenters. The van der Waals surface area contributed by atoms with Gasteiger partial charge in [0.2, 0.25) is 15.9 Å². The Balaban J connectivity index is 1.67. The lowest BCUT2D eigenvalue weighted by atomic mass is 9.95. The van der Waals surface area contributed by atoms with Crippen LogP contribution in [0.5, 0.6) is 0 Å². The van der Waals surface area contributed by atoms with E-state index in [0.29, 0.717) is 11.5 Å². The molecule has 8 nitrogen and oxygen atoms in total. The summed E-state index contributed by atoms with van der Waals surface area (Å²) in [5.41, 5.74) is 0.328. The molecule has 1 amide bonds. The largest absolute Gasteiger partial charge is 0.349 e. The lowest BCUT2D eigenvalue weighted by molar-refractivity contribution is 0.0927. The van der Waals surface area contributed by atoms with Crippen molar-refractivity contribution < 1.29 is 17.7 Å². The molecule has 0 spiro atoms. The number of nitrogens with one attached hydrogen (secondary N) is 2. The SMILES string of the molecule is Cc1nc(CNS(=O)(=O)c2cccc(C(=O)NC3CCCCC3)c2)no1. The number of hydrogen-bond acceptors (Lipinski definition) is 6. The predicted octanol–water partition coefficient (Wildman–Crippen LogP) is 1.92. The molecular formula is C17H22N4O4S. The Morgan fingerprint density at radius 3 is 2.73 bits per heavy atom. The van der Waals surface area contributed by atoms with Crippen molar-refractivity contribution in [3.8, 4) is 0 Å². The number of carbonyl (C=O) groups excluding carboxylic acids is 1. The summed E-state index contributed by atoms with van der Waals surface area (Å²) < 4.78 is 32.1. The molecule has 0 aliphatic heterocycles. The second kappa shape index (κ2) is 7.96. The number of aromatic nitrogens is 2. The Bertz CT molecular complexity index is 872. The average Bonchev–Trinajstić information content (AvgIpc) is 3.06. The molecule has 2 aromatic rings. The molecule has 1 aliphatic rings. The van der Waals surface area contributed by atoms with Crippen LogP contribution in [-0.2, 0) is 16.6 Å². The maximum atomic E-state index is 12.4. The van der Waals surface area contributed by atoms with Gasteiger partial charge in [0.1, 0.15) is 0 Å². The van der Waals surface area contributed by atoms with Crippen LogP contribution in [0.15, 0.2) is 33.7 Å². The Hall–Kier alpha value is -2.26. The second-order valence-corrected chi connectivity index (χ2v) is 8.16. The molecule has 1 heterocycles. The highest BCUT2D eigenvalue weighted by atomic mass is 32.2. The highest BCUT2D eigenvalue weighted by Crippen LogP contribution is 2.18. The van der Waals surface area contributed by atoms with E-state index in [-0.39, 0.29) is 29.2 Å². The van der Waals surface area contributed by atoms with Gasteiger partial charge in [0.05, 0.1) is 11.4 Å². The van der Waals surface area contributed by atoms with E-state index >= 15 is 0 Å². The summed E-state index contributed by atoms with van der Waals surface area (Å²) in [5.74, 6) is 0.362. The van der Waals surface area contributed by atoms with Crippen molar-refractivity contribution in [1.82, 2.24) is 20.2 Å². The molecule has 3 rings (SSSR count). The van der Waals surface area contributed by atoms with Crippen molar-refractivity contribution in [2.24, 2.45) is 0 Å². The van der Waals surface area contributed by atoms with Crippen LogP contribution < -0.4 is 10.0 Å². The first-order valence-corrected chi connectivity index (χ1v) is 10.1. The van der Waals surface area contributed by atoms with Gasteiger partial charge in [-0.2, -0.15) is 4.98 Å². The van der Waals surface area contributed by atoms with Crippen LogP contribution in [0, 0.1) is 6.92 Å². The molecule has 1 aromatic carbocycles. The number of rotatable bonds is 6. The minimum atomic E-state index is -3.79. The Labute approximate surface area is 152 Å². The van der Waals surface area contributed by atoms with E-state index in [1.54, 1.807) is 19.1 Å². The number of carbonyl (C=O) groups is 1. The summed E-state index contributed by atoms with van der Waals surface area (Å²) in [7, 11) is -3.79. The maximum absolute atomic E-state index is 12.4. The first-order valence-electron chi connectivity index (χ1n) is 8.64. The molecule has 0 radical (unpaired) electrons. The van der Waals surface area contributed by atoms with Crippen LogP contribution in [0.2, 0.25) is 0 Å². The molecule has 9 heteroatoms. The summed E-state index contributed by atoms with van der Waals surface area (Å²) in [6.07, 6.45) is 5.36. The molecule has 1 aromatic heterocycles. The van der Waals surface area contributed by atoms with Gasteiger partial charge >= 0.3 is 0 Å². The van der Waals surface area contributed by atoms with Crippen molar-refractivity contribution in [1.29, 1.82) is 0 Å². The normalized spacial score (nSPS) is 15.7. The molecule has 1 saturated carbocycles. The van der Waals surface area contributed by atoms with Crippen molar-refractivity contribution in [3.05, 3.63) is 41.5 Å². The topological polar surface area (TPSA) is 114 Å². The van der Waals surface area contributed by atoms with E-state index in [1.165, 1.54) is 18.6 Å². The zero-order valence-corrected chi connectivity index (χ0v) is 15.4. The van der Waals surface area contributed by atoms with Gasteiger partial charge in [-0.1, -0.05) is 30.5 Å². The lowest BCUT2D eigenvalue weighted by Gasteiger charge is -2.22. The van der Waals surface area contributed by atoms with Crippen molar-refractivity contribution in [3.63, 3.8) is 0 Å². The molecule has 1 aliphatic carbocycles. The Morgan fingerprint density at radius 1 is 1.27 bits per heavy atom. The van der Waals surface area contributed by atoms with E-state index < -0.39 is 10.0 Å². The summed E-state index contributed by atoms with van der Waals surface area (Å²) in [4.78, 5) is 16.4. The Kier molecular flexibility index (Phi) is 5.67. The number of aryl methyl sites for hydroxylation is 1. The van der Waals surface area contributed by atoms with Crippen LogP contribution in [0.3, 0.4) is 0 Å². The van der Waals surface area contributed by atoms with Gasteiger partial charge in [-0.15, -0.1) is 0 Å². The summed E-state index contributed by atoms with van der Waals surface area (Å²) in [6, 6.07) is 6.15. The molecule has 0 saturated heterocycles. The van der Waals surface area contributed by atoms with E-state index in [0.717, 1.165) is 25.7 Å². The average molecular weight is 378 g/mol. The second-order valence-electron chi connectivity index (χ2n) is 6.39. The zero-order valence-electron chi connectivity index (χ0n) is 14.6. The van der Waals surface area contributed by atoms with Gasteiger partial charge in [0, 0.05) is 18.5 Å². The number of sulfonamides is 1. The monoisotopic (exact) mass is 378 g/mol. The minimum absolute atomic E-state index is 0.0222. The maximum Gasteiger partial charge on any atom is 0.251 e. The molecule has 0 unspecified atom stereocenters. The zero-order chi connectivity index (χ0) is 18.6. The third kappa shape index (κ3) is 4.67. The number of amides is 1. The number of benzene rings is 1. The lowest BCUT2D eigenvalue weighted by Crippen LogP contribution is -2.36. The van der Waals surface area contributed by atoms with E-state index in [9.17, 15) is 13.2 Å². The van der Waals surface area contributed by atoms with Gasteiger partial charge in [0.25, 0.3) is 5.91 Å². The molecular weight excluding hydrogens is 356 g/mol. The van der Waals surface area contributed by atoms with Crippen LogP contribution in [0.1, 0.15) is 54.2 Å². The van der Waals surface area contributed by atoms with E-state index in [1.807, 2.05) is 0 Å². The third-order valence-corrected chi connectivity index (χ3v) is 5.74. The quantitative estimate of drug-likeness (QED) is 0.794. The molecule has 0 bridgehead atoms. The van der Waals surface area contributed by atoms with Gasteiger partial charge in [-0.05, 0) is 31.0 Å². The van der Waals surface area contributed by atoms with Crippen LogP contribution >= 0.6 is 0 Å². The fourth-order valence-corrected chi connectivity index (χ4v) is 4.00. The summed E-state index contributed by atoms with van der Waals surface area (Å²) in [5, 5.41) is 6.63. The van der Waals surface area contributed by atoms with E-state index in [2.05, 4.69) is 20.2 Å². The molecule has 2 N–H and O–H groups in total. The van der Waals surface area contributed by atoms with Crippen LogP contribution in [0.4, 0.5) is 0 Å². The fourth-order valence-electron chi connectivity index (χ4n) is 2.98. The highest BCUT2D eigenvalue weighted by Gasteiger charge is 2.20. The predicted molar refractivity (Wildman–Crippen MR) is 93.8 cm³/mol. The first kappa shape index (κ1) is 18.5. The van der Waals surface area contributed by atoms with Crippen molar-refractivity contribution in [2.75, 3.05) is 0 Å². The first-order chi connectivity index (χ1) is 12.4. The number of nitrogens with zero attached hydrogens (tertiary/aromatic N) is 2. The van der Waals surface area contributed by atoms with Gasteiger partial charge in [-0.25, -0.2) is 13.1 Å². The summed E-state index contributed by atoms with van der Waals surface area (Å²) in [6.45, 7) is 1.54. The third-order valence-electron chi connectivity index (χ3n) is 4.34. The van der Waals surface area contributed by atoms with E-state index in [4.69, 9.17) is 4.52 Å². The van der Waals surface area contributed by atoms with Gasteiger partial charge in [0.15, 0.2) is 5.82 Å². The molecule has 1 fully saturated rings. The summed E-state index contributed by atoms with van der Waals surface area (Å²) >= 11 is 0. The number of hydrogen-bond donors (Lipinski definition) is 2. The Morgan fingerprint density at radius 2 is 2.04 bits per heavy atom. The highest BCUT2D eigenvalue weighted by molar-refractivity contribution is 7.89. The van der Waals surface area contributed by atoms with Crippen molar-refractivity contribution >= 4 is 15.9 Å². The van der Waals surface area contributed by atoms with Gasteiger partial charge in [-0.3, -0.25) is 4.79 Å². The molecule has 26 heavy (non-hydrogen) atoms.